The summed E-state index contributed by atoms with van der Waals surface area (Å²) in [6, 6.07) is 20.0. The first-order chi connectivity index (χ1) is 14.8. The third kappa shape index (κ3) is 5.83. The van der Waals surface area contributed by atoms with E-state index in [-0.39, 0.29) is 27.9 Å². The zero-order valence-electron chi connectivity index (χ0n) is 16.5. The average Bonchev–Trinajstić information content (AvgIpc) is 2.77. The zero-order valence-corrected chi connectivity index (χ0v) is 18.1. The Balaban J connectivity index is 1.79. The third-order valence-corrected chi connectivity index (χ3v) is 6.43. The molecule has 3 aromatic rings. The predicted octanol–water partition coefficient (Wildman–Crippen LogP) is 3.17. The second-order valence-electron chi connectivity index (χ2n) is 6.16. The molecule has 0 aliphatic heterocycles. The molecule has 1 N–H and O–H groups in total. The molecule has 0 amide bonds. The maximum absolute atomic E-state index is 12.5. The van der Waals surface area contributed by atoms with Gasteiger partial charge in [0.05, 0.1) is 17.7 Å². The van der Waals surface area contributed by atoms with Crippen LogP contribution in [0.1, 0.15) is 12.5 Å². The molecular weight excluding hydrogens is 440 g/mol. The number of ether oxygens (including phenoxy) is 1. The van der Waals surface area contributed by atoms with E-state index in [1.54, 1.807) is 43.3 Å². The Bertz CT molecular complexity index is 1260. The molecule has 0 bridgehead atoms. The fourth-order valence-corrected chi connectivity index (χ4v) is 4.29. The van der Waals surface area contributed by atoms with Gasteiger partial charge in [0.1, 0.15) is 4.90 Å². The Kier molecular flexibility index (Phi) is 6.93. The van der Waals surface area contributed by atoms with Crippen molar-refractivity contribution in [3.8, 4) is 11.5 Å². The topological polar surface area (TPSA) is 111 Å². The molecule has 0 radical (unpaired) electrons. The second kappa shape index (κ2) is 9.63. The second-order valence-corrected chi connectivity index (χ2v) is 9.36. The van der Waals surface area contributed by atoms with Crippen molar-refractivity contribution >= 4 is 26.4 Å². The summed E-state index contributed by atoms with van der Waals surface area (Å²) in [5, 5.41) is 3.77. The summed E-state index contributed by atoms with van der Waals surface area (Å²) in [5.41, 5.74) is 0.476. The molecule has 3 rings (SSSR count). The highest BCUT2D eigenvalue weighted by Crippen LogP contribution is 2.30. The number of rotatable bonds is 9. The first-order valence-corrected chi connectivity index (χ1v) is 12.1. The number of sulfonamides is 1. The number of benzene rings is 3. The minimum Gasteiger partial charge on any atom is -0.490 e. The number of nitrogens with zero attached hydrogens (tertiary/aromatic N) is 1. The number of hydrogen-bond donors (Lipinski definition) is 1. The van der Waals surface area contributed by atoms with Crippen LogP contribution >= 0.6 is 0 Å². The van der Waals surface area contributed by atoms with Gasteiger partial charge in [-0.1, -0.05) is 36.4 Å². The summed E-state index contributed by atoms with van der Waals surface area (Å²) >= 11 is 0. The summed E-state index contributed by atoms with van der Waals surface area (Å²) in [6.07, 6.45) is 1.28. The maximum atomic E-state index is 12.5. The number of hydrazone groups is 1. The summed E-state index contributed by atoms with van der Waals surface area (Å²) in [7, 11) is -7.84. The van der Waals surface area contributed by atoms with Gasteiger partial charge in [0.2, 0.25) is 0 Å². The highest BCUT2D eigenvalue weighted by atomic mass is 32.2. The molecule has 0 heterocycles. The molecule has 0 saturated carbocycles. The Labute approximate surface area is 181 Å². The first kappa shape index (κ1) is 22.3. The molecule has 8 nitrogen and oxygen atoms in total. The highest BCUT2D eigenvalue weighted by Gasteiger charge is 2.19. The molecule has 0 spiro atoms. The van der Waals surface area contributed by atoms with Crippen molar-refractivity contribution in [2.75, 3.05) is 6.61 Å². The molecule has 0 unspecified atom stereocenters. The molecule has 0 fully saturated rings. The van der Waals surface area contributed by atoms with Crippen molar-refractivity contribution in [3.63, 3.8) is 0 Å². The number of hydrogen-bond acceptors (Lipinski definition) is 7. The largest absolute Gasteiger partial charge is 0.490 e. The van der Waals surface area contributed by atoms with E-state index in [9.17, 15) is 16.8 Å². The van der Waals surface area contributed by atoms with Gasteiger partial charge in [0, 0.05) is 0 Å². The molecule has 162 valence electrons. The Hall–Kier alpha value is -3.37. The van der Waals surface area contributed by atoms with Gasteiger partial charge in [-0.25, -0.2) is 4.83 Å². The summed E-state index contributed by atoms with van der Waals surface area (Å²) in [5.74, 6) is 0.185. The van der Waals surface area contributed by atoms with Crippen LogP contribution in [0.15, 0.2) is 93.8 Å². The van der Waals surface area contributed by atoms with Gasteiger partial charge in [-0.05, 0) is 55.0 Å². The van der Waals surface area contributed by atoms with E-state index in [2.05, 4.69) is 9.93 Å². The van der Waals surface area contributed by atoms with Crippen LogP contribution in [0.4, 0.5) is 0 Å². The van der Waals surface area contributed by atoms with E-state index in [0.29, 0.717) is 5.56 Å². The Morgan fingerprint density at radius 3 is 2.06 bits per heavy atom. The molecule has 10 heteroatoms. The van der Waals surface area contributed by atoms with Crippen LogP contribution in [0.5, 0.6) is 11.5 Å². The third-order valence-electron chi connectivity index (χ3n) is 3.94. The van der Waals surface area contributed by atoms with Gasteiger partial charge in [0.25, 0.3) is 10.0 Å². The van der Waals surface area contributed by atoms with Crippen LogP contribution in [-0.2, 0) is 20.1 Å². The van der Waals surface area contributed by atoms with Gasteiger partial charge in [-0.15, -0.1) is 0 Å². The SMILES string of the molecule is CCOc1cc(C=NNS(=O)(=O)c2ccccc2)ccc1OS(=O)(=O)c1ccccc1. The van der Waals surface area contributed by atoms with Crippen molar-refractivity contribution in [3.05, 3.63) is 84.4 Å². The number of nitrogens with one attached hydrogen (secondary N) is 1. The van der Waals surface area contributed by atoms with E-state index in [4.69, 9.17) is 8.92 Å². The normalized spacial score (nSPS) is 11.9. The minimum absolute atomic E-state index is 0.00715. The zero-order chi connectivity index (χ0) is 22.3. The monoisotopic (exact) mass is 460 g/mol. The van der Waals surface area contributed by atoms with Crippen LogP contribution < -0.4 is 13.8 Å². The molecule has 3 aromatic carbocycles. The quantitative estimate of drug-likeness (QED) is 0.298. The maximum Gasteiger partial charge on any atom is 0.339 e. The van der Waals surface area contributed by atoms with Crippen LogP contribution in [0, 0.1) is 0 Å². The van der Waals surface area contributed by atoms with E-state index >= 15 is 0 Å². The van der Waals surface area contributed by atoms with E-state index < -0.39 is 20.1 Å². The lowest BCUT2D eigenvalue weighted by Crippen LogP contribution is -2.18. The van der Waals surface area contributed by atoms with Crippen molar-refractivity contribution in [1.29, 1.82) is 0 Å². The van der Waals surface area contributed by atoms with E-state index in [0.717, 1.165) is 0 Å². The molecule has 0 saturated heterocycles. The average molecular weight is 461 g/mol. The van der Waals surface area contributed by atoms with Gasteiger partial charge in [-0.2, -0.15) is 21.9 Å². The van der Waals surface area contributed by atoms with Crippen molar-refractivity contribution in [2.45, 2.75) is 16.7 Å². The van der Waals surface area contributed by atoms with Crippen LogP contribution in [0.25, 0.3) is 0 Å². The summed E-state index contributed by atoms with van der Waals surface area (Å²) < 4.78 is 60.1. The van der Waals surface area contributed by atoms with Crippen LogP contribution in [0.2, 0.25) is 0 Å². The summed E-state index contributed by atoms with van der Waals surface area (Å²) in [4.78, 5) is 2.22. The van der Waals surface area contributed by atoms with Crippen molar-refractivity contribution in [1.82, 2.24) is 4.83 Å². The molecular formula is C21H20N2O6S2. The lowest BCUT2D eigenvalue weighted by atomic mass is 10.2. The highest BCUT2D eigenvalue weighted by molar-refractivity contribution is 7.89. The lowest BCUT2D eigenvalue weighted by Gasteiger charge is -2.12. The van der Waals surface area contributed by atoms with Crippen molar-refractivity contribution < 1.29 is 25.8 Å². The van der Waals surface area contributed by atoms with E-state index in [1.807, 2.05) is 0 Å². The van der Waals surface area contributed by atoms with Gasteiger partial charge in [0.15, 0.2) is 11.5 Å². The standard InChI is InChI=1S/C21H20N2O6S2/c1-2-28-21-15-17(16-22-23-30(24,25)18-9-5-3-6-10-18)13-14-20(21)29-31(26,27)19-11-7-4-8-12-19/h3-16,23H,2H2,1H3. The molecule has 0 aliphatic rings. The smallest absolute Gasteiger partial charge is 0.339 e. The molecule has 31 heavy (non-hydrogen) atoms. The first-order valence-electron chi connectivity index (χ1n) is 9.18. The predicted molar refractivity (Wildman–Crippen MR) is 116 cm³/mol. The van der Waals surface area contributed by atoms with Gasteiger partial charge in [-0.3, -0.25) is 0 Å². The summed E-state index contributed by atoms with van der Waals surface area (Å²) in [6.45, 7) is 2.01. The fourth-order valence-electron chi connectivity index (χ4n) is 2.52. The fraction of sp³-hybridized carbons (Fsp3) is 0.0952. The lowest BCUT2D eigenvalue weighted by molar-refractivity contribution is 0.327. The Morgan fingerprint density at radius 2 is 1.45 bits per heavy atom. The minimum atomic E-state index is -4.04. The molecule has 0 aliphatic carbocycles. The van der Waals surface area contributed by atoms with Gasteiger partial charge < -0.3 is 8.92 Å². The molecule has 0 atom stereocenters. The van der Waals surface area contributed by atoms with Crippen LogP contribution in [-0.4, -0.2) is 29.7 Å². The van der Waals surface area contributed by atoms with Crippen molar-refractivity contribution in [2.24, 2.45) is 5.10 Å². The molecule has 0 aromatic heterocycles. The van der Waals surface area contributed by atoms with Gasteiger partial charge >= 0.3 is 10.1 Å². The van der Waals surface area contributed by atoms with Crippen LogP contribution in [0.3, 0.4) is 0 Å². The Morgan fingerprint density at radius 1 is 0.839 bits per heavy atom. The van der Waals surface area contributed by atoms with E-state index in [1.165, 1.54) is 48.7 Å².